The average molecular weight is 259 g/mol. The molecule has 1 saturated heterocycles. The topological polar surface area (TPSA) is 73.9 Å². The van der Waals surface area contributed by atoms with Gasteiger partial charge in [-0.3, -0.25) is 4.79 Å². The van der Waals surface area contributed by atoms with Crippen molar-refractivity contribution in [2.45, 2.75) is 38.8 Å². The van der Waals surface area contributed by atoms with Crippen LogP contribution in [0.2, 0.25) is 0 Å². The van der Waals surface area contributed by atoms with E-state index in [0.717, 1.165) is 0 Å². The Morgan fingerprint density at radius 2 is 2.00 bits per heavy atom. The van der Waals surface area contributed by atoms with E-state index in [1.807, 2.05) is 0 Å². The normalized spacial score (nSPS) is 24.2. The van der Waals surface area contributed by atoms with Crippen molar-refractivity contribution in [1.82, 2.24) is 5.32 Å². The SMILES string of the molecule is COC(=O)[C@@H]1CCOC[C@@H]1NC(=O)OC(C)(C)C. The molecule has 18 heavy (non-hydrogen) atoms. The van der Waals surface area contributed by atoms with Crippen LogP contribution in [0.3, 0.4) is 0 Å². The van der Waals surface area contributed by atoms with Crippen molar-refractivity contribution in [2.75, 3.05) is 20.3 Å². The van der Waals surface area contributed by atoms with Crippen LogP contribution in [0.15, 0.2) is 0 Å². The summed E-state index contributed by atoms with van der Waals surface area (Å²) in [6, 6.07) is -0.402. The summed E-state index contributed by atoms with van der Waals surface area (Å²) in [6.07, 6.45) is -0.0143. The van der Waals surface area contributed by atoms with Gasteiger partial charge in [0.2, 0.25) is 0 Å². The second kappa shape index (κ2) is 6.04. The lowest BCUT2D eigenvalue weighted by Gasteiger charge is -2.31. The standard InChI is InChI=1S/C12H21NO5/c1-12(2,3)18-11(15)13-9-7-17-6-5-8(9)10(14)16-4/h8-9H,5-7H2,1-4H3,(H,13,15)/t8-,9+/m1/s1. The smallest absolute Gasteiger partial charge is 0.407 e. The molecule has 1 rings (SSSR count). The first-order chi connectivity index (χ1) is 8.33. The van der Waals surface area contributed by atoms with Crippen LogP contribution < -0.4 is 5.32 Å². The quantitative estimate of drug-likeness (QED) is 0.751. The van der Waals surface area contributed by atoms with E-state index >= 15 is 0 Å². The van der Waals surface area contributed by atoms with Gasteiger partial charge < -0.3 is 19.5 Å². The first-order valence-corrected chi connectivity index (χ1v) is 5.98. The molecule has 0 unspecified atom stereocenters. The van der Waals surface area contributed by atoms with E-state index in [-0.39, 0.29) is 11.9 Å². The zero-order valence-corrected chi connectivity index (χ0v) is 11.3. The van der Waals surface area contributed by atoms with Gasteiger partial charge in [-0.05, 0) is 27.2 Å². The first kappa shape index (κ1) is 14.8. The number of nitrogens with one attached hydrogen (secondary N) is 1. The number of carbonyl (C=O) groups is 2. The molecular weight excluding hydrogens is 238 g/mol. The summed E-state index contributed by atoms with van der Waals surface area (Å²) >= 11 is 0. The Morgan fingerprint density at radius 3 is 2.56 bits per heavy atom. The predicted molar refractivity (Wildman–Crippen MR) is 64.1 cm³/mol. The zero-order chi connectivity index (χ0) is 13.8. The Balaban J connectivity index is 2.57. The molecule has 1 N–H and O–H groups in total. The molecule has 0 radical (unpaired) electrons. The summed E-state index contributed by atoms with van der Waals surface area (Å²) in [5.74, 6) is -0.712. The molecule has 0 spiro atoms. The molecule has 0 aromatic heterocycles. The number of hydrogen-bond acceptors (Lipinski definition) is 5. The third-order valence-corrected chi connectivity index (χ3v) is 2.56. The van der Waals surface area contributed by atoms with E-state index < -0.39 is 17.7 Å². The minimum absolute atomic E-state index is 0.291. The van der Waals surface area contributed by atoms with Crippen molar-refractivity contribution in [3.63, 3.8) is 0 Å². The van der Waals surface area contributed by atoms with Gasteiger partial charge in [-0.15, -0.1) is 0 Å². The van der Waals surface area contributed by atoms with Gasteiger partial charge in [0.05, 0.1) is 25.7 Å². The predicted octanol–water partition coefficient (Wildman–Crippen LogP) is 1.09. The van der Waals surface area contributed by atoms with E-state index in [9.17, 15) is 9.59 Å². The largest absolute Gasteiger partial charge is 0.469 e. The second-order valence-corrected chi connectivity index (χ2v) is 5.25. The highest BCUT2D eigenvalue weighted by molar-refractivity contribution is 5.75. The fraction of sp³-hybridized carbons (Fsp3) is 0.833. The van der Waals surface area contributed by atoms with E-state index in [1.54, 1.807) is 20.8 Å². The van der Waals surface area contributed by atoms with E-state index in [4.69, 9.17) is 14.2 Å². The second-order valence-electron chi connectivity index (χ2n) is 5.25. The first-order valence-electron chi connectivity index (χ1n) is 5.98. The molecule has 1 amide bonds. The van der Waals surface area contributed by atoms with Gasteiger partial charge in [-0.2, -0.15) is 0 Å². The number of alkyl carbamates (subject to hydrolysis) is 1. The van der Waals surface area contributed by atoms with Crippen molar-refractivity contribution in [2.24, 2.45) is 5.92 Å². The highest BCUT2D eigenvalue weighted by atomic mass is 16.6. The maximum Gasteiger partial charge on any atom is 0.407 e. The number of hydrogen-bond donors (Lipinski definition) is 1. The zero-order valence-electron chi connectivity index (χ0n) is 11.3. The van der Waals surface area contributed by atoms with Crippen molar-refractivity contribution < 1.29 is 23.8 Å². The van der Waals surface area contributed by atoms with Gasteiger partial charge in [-0.25, -0.2) is 4.79 Å². The Labute approximate surface area is 107 Å². The van der Waals surface area contributed by atoms with Crippen LogP contribution >= 0.6 is 0 Å². The Bertz CT molecular complexity index is 310. The monoisotopic (exact) mass is 259 g/mol. The molecule has 104 valence electrons. The maximum absolute atomic E-state index is 11.6. The highest BCUT2D eigenvalue weighted by Crippen LogP contribution is 2.18. The van der Waals surface area contributed by atoms with Crippen LogP contribution in [0.4, 0.5) is 4.79 Å². The fourth-order valence-electron chi connectivity index (χ4n) is 1.77. The summed E-state index contributed by atoms with van der Waals surface area (Å²) in [4.78, 5) is 23.2. The van der Waals surface area contributed by atoms with Crippen molar-refractivity contribution in [3.05, 3.63) is 0 Å². The summed E-state index contributed by atoms with van der Waals surface area (Å²) < 4.78 is 15.1. The molecule has 0 bridgehead atoms. The van der Waals surface area contributed by atoms with Gasteiger partial charge >= 0.3 is 12.1 Å². The highest BCUT2D eigenvalue weighted by Gasteiger charge is 2.34. The van der Waals surface area contributed by atoms with Gasteiger partial charge in [0.1, 0.15) is 5.60 Å². The number of rotatable bonds is 2. The van der Waals surface area contributed by atoms with Crippen LogP contribution in [0.1, 0.15) is 27.2 Å². The number of carbonyl (C=O) groups excluding carboxylic acids is 2. The lowest BCUT2D eigenvalue weighted by atomic mass is 9.95. The number of ether oxygens (including phenoxy) is 3. The minimum atomic E-state index is -0.569. The number of esters is 1. The molecule has 0 aromatic rings. The number of methoxy groups -OCH3 is 1. The molecule has 1 heterocycles. The molecule has 6 nitrogen and oxygen atoms in total. The van der Waals surface area contributed by atoms with Crippen LogP contribution in [0, 0.1) is 5.92 Å². The van der Waals surface area contributed by atoms with E-state index in [1.165, 1.54) is 7.11 Å². The lowest BCUT2D eigenvalue weighted by Crippen LogP contribution is -2.50. The molecular formula is C12H21NO5. The van der Waals surface area contributed by atoms with Crippen molar-refractivity contribution >= 4 is 12.1 Å². The van der Waals surface area contributed by atoms with E-state index in [0.29, 0.717) is 19.6 Å². The lowest BCUT2D eigenvalue weighted by molar-refractivity contribution is -0.150. The Kier molecular flexibility index (Phi) is 4.95. The third kappa shape index (κ3) is 4.52. The maximum atomic E-state index is 11.6. The van der Waals surface area contributed by atoms with Gasteiger partial charge in [0.15, 0.2) is 0 Å². The van der Waals surface area contributed by atoms with Crippen LogP contribution in [0.5, 0.6) is 0 Å². The Hall–Kier alpha value is -1.30. The fourth-order valence-corrected chi connectivity index (χ4v) is 1.77. The van der Waals surface area contributed by atoms with Gasteiger partial charge in [0.25, 0.3) is 0 Å². The molecule has 1 aliphatic rings. The van der Waals surface area contributed by atoms with Gasteiger partial charge in [0, 0.05) is 6.61 Å². The Morgan fingerprint density at radius 1 is 1.33 bits per heavy atom. The van der Waals surface area contributed by atoms with Gasteiger partial charge in [-0.1, -0.05) is 0 Å². The van der Waals surface area contributed by atoms with Crippen LogP contribution in [-0.2, 0) is 19.0 Å². The van der Waals surface area contributed by atoms with Crippen LogP contribution in [0.25, 0.3) is 0 Å². The van der Waals surface area contributed by atoms with Crippen molar-refractivity contribution in [1.29, 1.82) is 0 Å². The van der Waals surface area contributed by atoms with Crippen LogP contribution in [-0.4, -0.2) is 44.0 Å². The molecule has 0 aromatic carbocycles. The minimum Gasteiger partial charge on any atom is -0.469 e. The molecule has 0 saturated carbocycles. The molecule has 6 heteroatoms. The molecule has 0 aliphatic carbocycles. The average Bonchev–Trinajstić information content (AvgIpc) is 2.26. The summed E-state index contributed by atoms with van der Waals surface area (Å²) in [5.41, 5.74) is -0.569. The molecule has 1 fully saturated rings. The number of amides is 1. The molecule has 1 aliphatic heterocycles. The summed E-state index contributed by atoms with van der Waals surface area (Å²) in [5, 5.41) is 2.65. The summed E-state index contributed by atoms with van der Waals surface area (Å²) in [7, 11) is 1.34. The third-order valence-electron chi connectivity index (χ3n) is 2.56. The van der Waals surface area contributed by atoms with E-state index in [2.05, 4.69) is 5.32 Å². The summed E-state index contributed by atoms with van der Waals surface area (Å²) in [6.45, 7) is 6.12. The van der Waals surface area contributed by atoms with Crippen molar-refractivity contribution in [3.8, 4) is 0 Å². The molecule has 2 atom stereocenters.